The summed E-state index contributed by atoms with van der Waals surface area (Å²) in [5.74, 6) is 0.658. The zero-order chi connectivity index (χ0) is 18.1. The third-order valence-corrected chi connectivity index (χ3v) is 4.36. The minimum atomic E-state index is -0.267. The zero-order valence-electron chi connectivity index (χ0n) is 14.6. The summed E-state index contributed by atoms with van der Waals surface area (Å²) in [5, 5.41) is 3.66. The minimum Gasteiger partial charge on any atom is -0.340 e. The number of fused-ring (bicyclic) bond motifs is 1. The van der Waals surface area contributed by atoms with E-state index in [0.29, 0.717) is 5.02 Å². The second-order valence-electron chi connectivity index (χ2n) is 6.40. The fraction of sp³-hybridized carbons (Fsp3) is 0.333. The number of halogens is 1. The molecule has 0 aliphatic heterocycles. The van der Waals surface area contributed by atoms with E-state index in [1.54, 1.807) is 6.20 Å². The van der Waals surface area contributed by atoms with Crippen molar-refractivity contribution in [3.05, 3.63) is 52.8 Å². The van der Waals surface area contributed by atoms with Gasteiger partial charge in [0.05, 0.1) is 29.0 Å². The van der Waals surface area contributed by atoms with Gasteiger partial charge in [-0.05, 0) is 31.0 Å². The number of carbonyl (C=O) groups excluding carboxylic acids is 1. The van der Waals surface area contributed by atoms with Crippen molar-refractivity contribution in [3.63, 3.8) is 0 Å². The molecule has 1 atom stereocenters. The van der Waals surface area contributed by atoms with Gasteiger partial charge >= 0.3 is 0 Å². The van der Waals surface area contributed by atoms with Crippen molar-refractivity contribution in [2.24, 2.45) is 13.0 Å². The van der Waals surface area contributed by atoms with Gasteiger partial charge in [-0.1, -0.05) is 25.4 Å². The molecule has 2 heterocycles. The third kappa shape index (κ3) is 3.49. The SMILES string of the molecule is Cc1cnc(C(=O)N[C@H](c2nc3cc(Cl)ccc3n2C)C(C)C)cn1. The van der Waals surface area contributed by atoms with E-state index in [1.165, 1.54) is 6.20 Å². The molecule has 25 heavy (non-hydrogen) atoms. The van der Waals surface area contributed by atoms with Gasteiger partial charge in [0.2, 0.25) is 0 Å². The summed E-state index contributed by atoms with van der Waals surface area (Å²) in [7, 11) is 1.94. The molecule has 130 valence electrons. The van der Waals surface area contributed by atoms with Crippen molar-refractivity contribution < 1.29 is 4.79 Å². The molecule has 2 aromatic heterocycles. The van der Waals surface area contributed by atoms with Crippen LogP contribution in [0.3, 0.4) is 0 Å². The van der Waals surface area contributed by atoms with Crippen molar-refractivity contribution in [1.82, 2.24) is 24.8 Å². The van der Waals surface area contributed by atoms with Crippen LogP contribution in [0.4, 0.5) is 0 Å². The van der Waals surface area contributed by atoms with Gasteiger partial charge in [-0.25, -0.2) is 9.97 Å². The first-order valence-corrected chi connectivity index (χ1v) is 8.46. The van der Waals surface area contributed by atoms with Crippen molar-refractivity contribution in [2.45, 2.75) is 26.8 Å². The average molecular weight is 358 g/mol. The summed E-state index contributed by atoms with van der Waals surface area (Å²) < 4.78 is 1.98. The molecular formula is C18H20ClN5O. The molecular weight excluding hydrogens is 338 g/mol. The number of hydrogen-bond donors (Lipinski definition) is 1. The number of imidazole rings is 1. The molecule has 0 saturated carbocycles. The Balaban J connectivity index is 1.95. The zero-order valence-corrected chi connectivity index (χ0v) is 15.4. The Bertz CT molecular complexity index is 917. The Morgan fingerprint density at radius 1 is 1.24 bits per heavy atom. The second kappa shape index (κ2) is 6.80. The number of rotatable bonds is 4. The van der Waals surface area contributed by atoms with Gasteiger partial charge in [0.25, 0.3) is 5.91 Å². The smallest absolute Gasteiger partial charge is 0.272 e. The Kier molecular flexibility index (Phi) is 4.72. The van der Waals surface area contributed by atoms with E-state index in [0.717, 1.165) is 22.6 Å². The minimum absolute atomic E-state index is 0.147. The van der Waals surface area contributed by atoms with Crippen molar-refractivity contribution >= 4 is 28.5 Å². The number of hydrogen-bond acceptors (Lipinski definition) is 4. The molecule has 1 aromatic carbocycles. The molecule has 0 unspecified atom stereocenters. The van der Waals surface area contributed by atoms with E-state index in [9.17, 15) is 4.79 Å². The standard InChI is InChI=1S/C18H20ClN5O/c1-10(2)16(23-18(25)14-9-20-11(3)8-21-14)17-22-13-7-12(19)5-6-15(13)24(17)4/h5-10,16H,1-4H3,(H,23,25)/t16-/m0/s1. The molecule has 6 nitrogen and oxygen atoms in total. The largest absolute Gasteiger partial charge is 0.340 e. The Hall–Kier alpha value is -2.47. The van der Waals surface area contributed by atoms with Gasteiger partial charge in [-0.3, -0.25) is 9.78 Å². The van der Waals surface area contributed by atoms with Crippen LogP contribution >= 0.6 is 11.6 Å². The Morgan fingerprint density at radius 3 is 2.64 bits per heavy atom. The normalized spacial score (nSPS) is 12.6. The molecule has 3 aromatic rings. The molecule has 1 N–H and O–H groups in total. The predicted molar refractivity (Wildman–Crippen MR) is 97.5 cm³/mol. The number of aromatic nitrogens is 4. The maximum Gasteiger partial charge on any atom is 0.272 e. The van der Waals surface area contributed by atoms with E-state index in [1.807, 2.05) is 50.6 Å². The summed E-state index contributed by atoms with van der Waals surface area (Å²) in [6.07, 6.45) is 3.06. The highest BCUT2D eigenvalue weighted by molar-refractivity contribution is 6.31. The third-order valence-electron chi connectivity index (χ3n) is 4.12. The molecule has 0 fully saturated rings. The summed E-state index contributed by atoms with van der Waals surface area (Å²) in [6.45, 7) is 5.91. The van der Waals surface area contributed by atoms with Crippen molar-refractivity contribution in [1.29, 1.82) is 0 Å². The van der Waals surface area contributed by atoms with Crippen LogP contribution in [-0.2, 0) is 7.05 Å². The molecule has 0 radical (unpaired) electrons. The number of benzene rings is 1. The van der Waals surface area contributed by atoms with E-state index in [2.05, 4.69) is 20.3 Å². The van der Waals surface area contributed by atoms with E-state index in [-0.39, 0.29) is 23.6 Å². The highest BCUT2D eigenvalue weighted by atomic mass is 35.5. The van der Waals surface area contributed by atoms with Crippen molar-refractivity contribution in [2.75, 3.05) is 0 Å². The first-order chi connectivity index (χ1) is 11.9. The number of nitrogens with zero attached hydrogens (tertiary/aromatic N) is 4. The molecule has 0 aliphatic rings. The van der Waals surface area contributed by atoms with E-state index in [4.69, 9.17) is 11.6 Å². The molecule has 1 amide bonds. The lowest BCUT2D eigenvalue weighted by Gasteiger charge is -2.22. The van der Waals surface area contributed by atoms with Crippen molar-refractivity contribution in [3.8, 4) is 0 Å². The van der Waals surface area contributed by atoms with Gasteiger partial charge in [0, 0.05) is 18.3 Å². The van der Waals surface area contributed by atoms with E-state index < -0.39 is 0 Å². The summed E-state index contributed by atoms with van der Waals surface area (Å²) in [4.78, 5) is 25.5. The Labute approximate surface area is 151 Å². The summed E-state index contributed by atoms with van der Waals surface area (Å²) in [6, 6.07) is 5.33. The van der Waals surface area contributed by atoms with Crippen LogP contribution in [-0.4, -0.2) is 25.4 Å². The quantitative estimate of drug-likeness (QED) is 0.776. The van der Waals surface area contributed by atoms with Gasteiger partial charge in [0.15, 0.2) is 0 Å². The predicted octanol–water partition coefficient (Wildman–Crippen LogP) is 3.45. The fourth-order valence-corrected chi connectivity index (χ4v) is 2.89. The molecule has 0 spiro atoms. The highest BCUT2D eigenvalue weighted by Gasteiger charge is 2.25. The first-order valence-electron chi connectivity index (χ1n) is 8.08. The van der Waals surface area contributed by atoms with Gasteiger partial charge in [0.1, 0.15) is 11.5 Å². The topological polar surface area (TPSA) is 72.7 Å². The van der Waals surface area contributed by atoms with Crippen LogP contribution in [0, 0.1) is 12.8 Å². The lowest BCUT2D eigenvalue weighted by molar-refractivity contribution is 0.0917. The van der Waals surface area contributed by atoms with Crippen LogP contribution in [0.15, 0.2) is 30.6 Å². The number of carbonyl (C=O) groups is 1. The lowest BCUT2D eigenvalue weighted by atomic mass is 10.0. The summed E-state index contributed by atoms with van der Waals surface area (Å²) in [5.41, 5.74) is 2.83. The van der Waals surface area contributed by atoms with Crippen LogP contribution < -0.4 is 5.32 Å². The highest BCUT2D eigenvalue weighted by Crippen LogP contribution is 2.26. The van der Waals surface area contributed by atoms with E-state index >= 15 is 0 Å². The van der Waals surface area contributed by atoms with Crippen LogP contribution in [0.1, 0.15) is 41.9 Å². The number of amides is 1. The van der Waals surface area contributed by atoms with Gasteiger partial charge < -0.3 is 9.88 Å². The molecule has 0 saturated heterocycles. The van der Waals surface area contributed by atoms with Crippen LogP contribution in [0.5, 0.6) is 0 Å². The number of nitrogens with one attached hydrogen (secondary N) is 1. The average Bonchev–Trinajstić information content (AvgIpc) is 2.88. The molecule has 3 rings (SSSR count). The number of aryl methyl sites for hydroxylation is 2. The second-order valence-corrected chi connectivity index (χ2v) is 6.84. The molecule has 7 heteroatoms. The maximum absolute atomic E-state index is 12.6. The van der Waals surface area contributed by atoms with Gasteiger partial charge in [-0.2, -0.15) is 0 Å². The van der Waals surface area contributed by atoms with Crippen LogP contribution in [0.25, 0.3) is 11.0 Å². The lowest BCUT2D eigenvalue weighted by Crippen LogP contribution is -2.34. The maximum atomic E-state index is 12.6. The fourth-order valence-electron chi connectivity index (χ4n) is 2.72. The monoisotopic (exact) mass is 357 g/mol. The Morgan fingerprint density at radius 2 is 2.00 bits per heavy atom. The van der Waals surface area contributed by atoms with Gasteiger partial charge in [-0.15, -0.1) is 0 Å². The first kappa shape index (κ1) is 17.4. The molecule has 0 aliphatic carbocycles. The van der Waals surface area contributed by atoms with Crippen LogP contribution in [0.2, 0.25) is 5.02 Å². The molecule has 0 bridgehead atoms. The summed E-state index contributed by atoms with van der Waals surface area (Å²) >= 11 is 6.07.